The average Bonchev–Trinajstić information content (AvgIpc) is 3.16. The first-order valence-electron chi connectivity index (χ1n) is 8.86. The first kappa shape index (κ1) is 23.5. The first-order chi connectivity index (χ1) is 14.8. The molecule has 1 aromatic carbocycles. The van der Waals surface area contributed by atoms with Gasteiger partial charge < -0.3 is 5.32 Å². The molecule has 2 N–H and O–H groups in total. The molecule has 1 atom stereocenters. The molecule has 0 unspecified atom stereocenters. The minimum atomic E-state index is -4.66. The van der Waals surface area contributed by atoms with Gasteiger partial charge in [0.15, 0.2) is 11.6 Å². The Morgan fingerprint density at radius 3 is 2.50 bits per heavy atom. The predicted molar refractivity (Wildman–Crippen MR) is 110 cm³/mol. The second kappa shape index (κ2) is 8.74. The number of hydrogen-bond donors (Lipinski definition) is 2. The quantitative estimate of drug-likeness (QED) is 0.550. The summed E-state index contributed by atoms with van der Waals surface area (Å²) in [5.41, 5.74) is -1.07. The van der Waals surface area contributed by atoms with E-state index in [4.69, 9.17) is 11.6 Å². The molecule has 0 saturated heterocycles. The fraction of sp³-hybridized carbons (Fsp3) is 0.222. The summed E-state index contributed by atoms with van der Waals surface area (Å²) in [5.74, 6) is -0.270. The van der Waals surface area contributed by atoms with Gasteiger partial charge in [-0.2, -0.15) is 23.0 Å². The zero-order chi connectivity index (χ0) is 23.7. The minimum Gasteiger partial charge on any atom is -0.342 e. The summed E-state index contributed by atoms with van der Waals surface area (Å²) >= 11 is 5.74. The third-order valence-electron chi connectivity index (χ3n) is 4.06. The van der Waals surface area contributed by atoms with Crippen molar-refractivity contribution in [2.75, 3.05) is 11.0 Å². The van der Waals surface area contributed by atoms with Crippen LogP contribution in [0, 0.1) is 0 Å². The summed E-state index contributed by atoms with van der Waals surface area (Å²) in [6, 6.07) is 4.72. The van der Waals surface area contributed by atoms with E-state index >= 15 is 0 Å². The van der Waals surface area contributed by atoms with Crippen LogP contribution in [0.5, 0.6) is 0 Å². The Labute approximate surface area is 185 Å². The SMILES string of the molecule is C[C@H](NC(=O)c1cc(Cl)cc(C(F)(F)F)c1)c1ncnn1-c1ccc(NS(C)(=O)=O)cn1. The van der Waals surface area contributed by atoms with Gasteiger partial charge in [0.05, 0.1) is 29.7 Å². The lowest BCUT2D eigenvalue weighted by atomic mass is 10.1. The normalized spacial score (nSPS) is 12.9. The maximum Gasteiger partial charge on any atom is 0.416 e. The molecule has 9 nitrogen and oxygen atoms in total. The Bertz CT molecular complexity index is 1250. The molecule has 0 fully saturated rings. The van der Waals surface area contributed by atoms with E-state index in [1.165, 1.54) is 29.3 Å². The number of rotatable bonds is 6. The lowest BCUT2D eigenvalue weighted by Crippen LogP contribution is -2.29. The van der Waals surface area contributed by atoms with Crippen molar-refractivity contribution in [1.29, 1.82) is 0 Å². The van der Waals surface area contributed by atoms with E-state index in [9.17, 15) is 26.4 Å². The van der Waals surface area contributed by atoms with E-state index in [0.29, 0.717) is 6.07 Å². The molecule has 0 aliphatic heterocycles. The van der Waals surface area contributed by atoms with Gasteiger partial charge in [0.25, 0.3) is 5.91 Å². The highest BCUT2D eigenvalue weighted by atomic mass is 35.5. The van der Waals surface area contributed by atoms with E-state index < -0.39 is 33.7 Å². The number of alkyl halides is 3. The lowest BCUT2D eigenvalue weighted by Gasteiger charge is -2.15. The number of halogens is 4. The molecule has 0 saturated carbocycles. The molecule has 0 aliphatic rings. The summed E-state index contributed by atoms with van der Waals surface area (Å²) in [5, 5.41) is 6.36. The standard InChI is InChI=1S/C18H16ClF3N6O3S/c1-10(26-17(29)11-5-12(18(20,21)22)7-13(19)6-11)16-24-9-25-28(16)15-4-3-14(8-23-15)27-32(2,30)31/h3-10,27H,1-2H3,(H,26,29)/t10-/m0/s1. The van der Waals surface area contributed by atoms with Crippen LogP contribution in [0.1, 0.15) is 34.7 Å². The van der Waals surface area contributed by atoms with Crippen molar-refractivity contribution in [3.63, 3.8) is 0 Å². The van der Waals surface area contributed by atoms with Crippen molar-refractivity contribution in [3.05, 3.63) is 64.8 Å². The Morgan fingerprint density at radius 1 is 1.19 bits per heavy atom. The Kier molecular flexibility index (Phi) is 6.41. The summed E-state index contributed by atoms with van der Waals surface area (Å²) < 4.78 is 65.2. The fourth-order valence-electron chi connectivity index (χ4n) is 2.74. The lowest BCUT2D eigenvalue weighted by molar-refractivity contribution is -0.137. The van der Waals surface area contributed by atoms with E-state index in [2.05, 4.69) is 25.1 Å². The van der Waals surface area contributed by atoms with Crippen LogP contribution in [-0.2, 0) is 16.2 Å². The molecule has 2 heterocycles. The van der Waals surface area contributed by atoms with Crippen molar-refractivity contribution in [2.45, 2.75) is 19.1 Å². The number of sulfonamides is 1. The second-order valence-electron chi connectivity index (χ2n) is 6.73. The van der Waals surface area contributed by atoms with Gasteiger partial charge in [-0.1, -0.05) is 11.6 Å². The second-order valence-corrected chi connectivity index (χ2v) is 8.92. The van der Waals surface area contributed by atoms with Gasteiger partial charge in [0, 0.05) is 10.6 Å². The zero-order valence-electron chi connectivity index (χ0n) is 16.6. The van der Waals surface area contributed by atoms with Crippen molar-refractivity contribution >= 4 is 33.2 Å². The highest BCUT2D eigenvalue weighted by Crippen LogP contribution is 2.32. The number of nitrogens with one attached hydrogen (secondary N) is 2. The van der Waals surface area contributed by atoms with Crippen molar-refractivity contribution in [3.8, 4) is 5.82 Å². The van der Waals surface area contributed by atoms with Gasteiger partial charge in [-0.15, -0.1) is 0 Å². The summed E-state index contributed by atoms with van der Waals surface area (Å²) in [6.07, 6.45) is -1.17. The van der Waals surface area contributed by atoms with Gasteiger partial charge in [0.1, 0.15) is 6.33 Å². The van der Waals surface area contributed by atoms with E-state index in [-0.39, 0.29) is 27.9 Å². The monoisotopic (exact) mass is 488 g/mol. The number of anilines is 1. The van der Waals surface area contributed by atoms with Crippen LogP contribution in [-0.4, -0.2) is 40.3 Å². The highest BCUT2D eigenvalue weighted by molar-refractivity contribution is 7.92. The maximum atomic E-state index is 13.0. The van der Waals surface area contributed by atoms with Gasteiger partial charge in [0.2, 0.25) is 10.0 Å². The number of amides is 1. The van der Waals surface area contributed by atoms with Crippen molar-refractivity contribution in [2.24, 2.45) is 0 Å². The number of hydrogen-bond acceptors (Lipinski definition) is 6. The van der Waals surface area contributed by atoms with Crippen molar-refractivity contribution in [1.82, 2.24) is 25.1 Å². The summed E-state index contributed by atoms with van der Waals surface area (Å²) in [6.45, 7) is 1.56. The zero-order valence-corrected chi connectivity index (χ0v) is 18.1. The van der Waals surface area contributed by atoms with Gasteiger partial charge in [-0.05, 0) is 37.3 Å². The molecular formula is C18H16ClF3N6O3S. The molecule has 3 aromatic rings. The van der Waals surface area contributed by atoms with E-state index in [1.807, 2.05) is 0 Å². The fourth-order valence-corrected chi connectivity index (χ4v) is 3.52. The van der Waals surface area contributed by atoms with Gasteiger partial charge in [-0.3, -0.25) is 9.52 Å². The number of benzene rings is 1. The van der Waals surface area contributed by atoms with Crippen LogP contribution < -0.4 is 10.0 Å². The molecule has 0 radical (unpaired) electrons. The molecule has 3 rings (SSSR count). The Balaban J connectivity index is 1.81. The number of carbonyl (C=O) groups excluding carboxylic acids is 1. The van der Waals surface area contributed by atoms with Gasteiger partial charge >= 0.3 is 6.18 Å². The third-order valence-corrected chi connectivity index (χ3v) is 4.89. The number of aromatic nitrogens is 4. The molecule has 1 amide bonds. The van der Waals surface area contributed by atoms with Crippen LogP contribution in [0.25, 0.3) is 5.82 Å². The van der Waals surface area contributed by atoms with Crippen LogP contribution in [0.15, 0.2) is 42.9 Å². The van der Waals surface area contributed by atoms with Crippen LogP contribution in [0.2, 0.25) is 5.02 Å². The summed E-state index contributed by atoms with van der Waals surface area (Å²) in [4.78, 5) is 20.7. The molecule has 0 bridgehead atoms. The van der Waals surface area contributed by atoms with Crippen molar-refractivity contribution < 1.29 is 26.4 Å². The average molecular weight is 489 g/mol. The van der Waals surface area contributed by atoms with Gasteiger partial charge in [-0.25, -0.2) is 18.4 Å². The van der Waals surface area contributed by atoms with Crippen LogP contribution in [0.3, 0.4) is 0 Å². The smallest absolute Gasteiger partial charge is 0.342 e. The first-order valence-corrected chi connectivity index (χ1v) is 11.1. The van der Waals surface area contributed by atoms with E-state index in [1.54, 1.807) is 6.92 Å². The third kappa shape index (κ3) is 5.73. The molecule has 170 valence electrons. The molecule has 14 heteroatoms. The summed E-state index contributed by atoms with van der Waals surface area (Å²) in [7, 11) is -3.47. The largest absolute Gasteiger partial charge is 0.416 e. The topological polar surface area (TPSA) is 119 Å². The molecule has 32 heavy (non-hydrogen) atoms. The molecule has 2 aromatic heterocycles. The molecular weight excluding hydrogens is 473 g/mol. The Morgan fingerprint density at radius 2 is 1.91 bits per heavy atom. The number of nitrogens with zero attached hydrogens (tertiary/aromatic N) is 4. The minimum absolute atomic E-state index is 0.229. The molecule has 0 spiro atoms. The highest BCUT2D eigenvalue weighted by Gasteiger charge is 2.32. The van der Waals surface area contributed by atoms with E-state index in [0.717, 1.165) is 18.4 Å². The predicted octanol–water partition coefficient (Wildman–Crippen LogP) is 3.20. The van der Waals surface area contributed by atoms with Crippen LogP contribution in [0.4, 0.5) is 18.9 Å². The maximum absolute atomic E-state index is 13.0. The van der Waals surface area contributed by atoms with Crippen LogP contribution >= 0.6 is 11.6 Å². The number of carbonyl (C=O) groups is 1. The molecule has 0 aliphatic carbocycles. The number of pyridine rings is 1. The Hall–Kier alpha value is -3.19.